The molecule has 0 heterocycles. The van der Waals surface area contributed by atoms with Crippen LogP contribution in [0.2, 0.25) is 0 Å². The van der Waals surface area contributed by atoms with E-state index in [2.05, 4.69) is 22.0 Å². The standard InChI is InChI=1S/C8H7BrO2.C6H5.3C3H8O.Ti/c9-7-3-1-6(2-4-7)5-8(10)11;1-2-4-6-5-3-1;3*1-3(2)4;/h1-4H,5H2,(H,10,11);1-5H;3*3-4H,1-2H3;/q;-1;;;;. The average molecular weight is 520 g/mol. The Kier molecular flexibility index (Phi) is 31.5. The number of benzene rings is 2. The van der Waals surface area contributed by atoms with Crippen LogP contribution < -0.4 is 0 Å². The maximum atomic E-state index is 10.2. The molecule has 0 aliphatic carbocycles. The summed E-state index contributed by atoms with van der Waals surface area (Å²) in [4.78, 5) is 10.2. The molecule has 0 radical (unpaired) electrons. The summed E-state index contributed by atoms with van der Waals surface area (Å²) in [7, 11) is 0. The van der Waals surface area contributed by atoms with Crippen molar-refractivity contribution in [2.24, 2.45) is 0 Å². The third kappa shape index (κ3) is 50.6. The Morgan fingerprint density at radius 1 is 0.833 bits per heavy atom. The summed E-state index contributed by atoms with van der Waals surface area (Å²) >= 11 is 3.26. The zero-order valence-corrected chi connectivity index (χ0v) is 21.9. The van der Waals surface area contributed by atoms with Crippen molar-refractivity contribution in [1.82, 2.24) is 0 Å². The van der Waals surface area contributed by atoms with Gasteiger partial charge in [-0.25, -0.2) is 0 Å². The first-order valence-corrected chi connectivity index (χ1v) is 10.1. The van der Waals surface area contributed by atoms with Gasteiger partial charge in [0, 0.05) is 44.5 Å². The van der Waals surface area contributed by atoms with Crippen LogP contribution in [0.15, 0.2) is 59.1 Å². The molecule has 0 spiro atoms. The summed E-state index contributed by atoms with van der Waals surface area (Å²) in [5, 5.41) is 32.6. The molecule has 2 rings (SSSR count). The molecule has 0 aliphatic rings. The van der Waals surface area contributed by atoms with Crippen molar-refractivity contribution < 1.29 is 46.9 Å². The van der Waals surface area contributed by atoms with Gasteiger partial charge >= 0.3 is 5.97 Å². The molecule has 0 aliphatic heterocycles. The van der Waals surface area contributed by atoms with E-state index in [1.165, 1.54) is 0 Å². The topological polar surface area (TPSA) is 98.0 Å². The van der Waals surface area contributed by atoms with Crippen LogP contribution in [0.5, 0.6) is 0 Å². The minimum atomic E-state index is -0.799. The summed E-state index contributed by atoms with van der Waals surface area (Å²) in [6, 6.07) is 19.7. The summed E-state index contributed by atoms with van der Waals surface area (Å²) < 4.78 is 0.964. The zero-order chi connectivity index (χ0) is 23.2. The Morgan fingerprint density at radius 2 is 1.17 bits per heavy atom. The number of carboxylic acid groups (broad SMARTS) is 1. The predicted molar refractivity (Wildman–Crippen MR) is 123 cm³/mol. The van der Waals surface area contributed by atoms with E-state index in [0.717, 1.165) is 10.0 Å². The molecule has 0 unspecified atom stereocenters. The summed E-state index contributed by atoms with van der Waals surface area (Å²) in [5.41, 5.74) is 0.820. The first-order valence-electron chi connectivity index (χ1n) is 9.29. The van der Waals surface area contributed by atoms with Crippen LogP contribution in [0, 0.1) is 6.07 Å². The van der Waals surface area contributed by atoms with E-state index in [1.807, 2.05) is 42.5 Å². The van der Waals surface area contributed by atoms with Crippen molar-refractivity contribution in [3.05, 3.63) is 70.7 Å². The van der Waals surface area contributed by atoms with Gasteiger partial charge in [0.1, 0.15) is 0 Å². The molecule has 0 saturated carbocycles. The first-order chi connectivity index (χ1) is 13.4. The molecule has 7 heteroatoms. The Morgan fingerprint density at radius 3 is 1.37 bits per heavy atom. The van der Waals surface area contributed by atoms with Crippen LogP contribution in [-0.2, 0) is 32.9 Å². The fraction of sp³-hybridized carbons (Fsp3) is 0.435. The third-order valence-corrected chi connectivity index (χ3v) is 2.40. The molecule has 4 N–H and O–H groups in total. The molecule has 30 heavy (non-hydrogen) atoms. The number of aliphatic hydroxyl groups is 3. The predicted octanol–water partition coefficient (Wildman–Crippen LogP) is 4.72. The van der Waals surface area contributed by atoms with Crippen LogP contribution in [0.3, 0.4) is 0 Å². The van der Waals surface area contributed by atoms with Crippen LogP contribution in [-0.4, -0.2) is 44.7 Å². The summed E-state index contributed by atoms with van der Waals surface area (Å²) in [6.07, 6.45) is -0.409. The van der Waals surface area contributed by atoms with Gasteiger partial charge in [-0.3, -0.25) is 4.79 Å². The Labute approximate surface area is 205 Å². The van der Waals surface area contributed by atoms with Gasteiger partial charge in [-0.05, 0) is 59.2 Å². The average Bonchev–Trinajstić information content (AvgIpc) is 2.57. The van der Waals surface area contributed by atoms with E-state index in [4.69, 9.17) is 20.4 Å². The minimum Gasteiger partial charge on any atom is -0.481 e. The molecule has 170 valence electrons. The molecule has 0 amide bonds. The minimum absolute atomic E-state index is 0. The fourth-order valence-corrected chi connectivity index (χ4v) is 1.38. The van der Waals surface area contributed by atoms with Crippen molar-refractivity contribution in [3.8, 4) is 0 Å². The Hall–Kier alpha value is -1.02. The Balaban J connectivity index is -0.000000153. The first kappa shape index (κ1) is 36.4. The van der Waals surface area contributed by atoms with Gasteiger partial charge in [-0.15, -0.1) is 0 Å². The van der Waals surface area contributed by atoms with E-state index in [1.54, 1.807) is 53.7 Å². The molecule has 0 aromatic heterocycles. The molecular formula is C23H36BrO5Ti-. The number of carboxylic acids is 1. The largest absolute Gasteiger partial charge is 0.481 e. The van der Waals surface area contributed by atoms with Crippen molar-refractivity contribution >= 4 is 21.9 Å². The monoisotopic (exact) mass is 519 g/mol. The number of aliphatic carboxylic acids is 1. The summed E-state index contributed by atoms with van der Waals surface area (Å²) in [6.45, 7) is 10.3. The van der Waals surface area contributed by atoms with Gasteiger partial charge in [0.25, 0.3) is 0 Å². The van der Waals surface area contributed by atoms with Crippen LogP contribution in [0.4, 0.5) is 0 Å². The zero-order valence-electron chi connectivity index (χ0n) is 18.7. The Bertz CT molecular complexity index is 527. The molecule has 0 fully saturated rings. The molecule has 0 saturated heterocycles. The summed E-state index contributed by atoms with van der Waals surface area (Å²) in [5.74, 6) is -0.799. The van der Waals surface area contributed by atoms with E-state index < -0.39 is 5.97 Å². The molecule has 2 aromatic rings. The second-order valence-electron chi connectivity index (χ2n) is 6.56. The van der Waals surface area contributed by atoms with E-state index in [9.17, 15) is 4.79 Å². The van der Waals surface area contributed by atoms with Gasteiger partial charge in [-0.2, -0.15) is 36.4 Å². The van der Waals surface area contributed by atoms with Crippen molar-refractivity contribution in [1.29, 1.82) is 0 Å². The van der Waals surface area contributed by atoms with Gasteiger partial charge < -0.3 is 20.4 Å². The van der Waals surface area contributed by atoms with Crippen LogP contribution >= 0.6 is 15.9 Å². The number of aliphatic hydroxyl groups excluding tert-OH is 3. The smallest absolute Gasteiger partial charge is 0.307 e. The number of carbonyl (C=O) groups is 1. The van der Waals surface area contributed by atoms with Gasteiger partial charge in [0.2, 0.25) is 0 Å². The van der Waals surface area contributed by atoms with Gasteiger partial charge in [0.05, 0.1) is 6.42 Å². The number of hydrogen-bond acceptors (Lipinski definition) is 4. The molecular weight excluding hydrogens is 484 g/mol. The molecule has 0 bridgehead atoms. The molecule has 0 atom stereocenters. The SMILES string of the molecule is CC(C)O.CC(C)O.CC(C)O.O=C(O)Cc1ccc(Br)cc1.[Ti].[c-]1ccccc1. The maximum Gasteiger partial charge on any atom is 0.307 e. The van der Waals surface area contributed by atoms with Crippen LogP contribution in [0.1, 0.15) is 47.1 Å². The number of rotatable bonds is 2. The van der Waals surface area contributed by atoms with Crippen LogP contribution in [0.25, 0.3) is 0 Å². The second kappa shape index (κ2) is 26.0. The number of hydrogen-bond donors (Lipinski definition) is 4. The second-order valence-corrected chi connectivity index (χ2v) is 7.47. The van der Waals surface area contributed by atoms with E-state index in [0.29, 0.717) is 0 Å². The molecule has 5 nitrogen and oxygen atoms in total. The third-order valence-electron chi connectivity index (χ3n) is 1.88. The maximum absolute atomic E-state index is 10.2. The normalized spacial score (nSPS) is 8.70. The van der Waals surface area contributed by atoms with Crippen molar-refractivity contribution in [2.45, 2.75) is 66.3 Å². The number of halogens is 1. The molecule has 2 aromatic carbocycles. The van der Waals surface area contributed by atoms with Crippen molar-refractivity contribution in [3.63, 3.8) is 0 Å². The van der Waals surface area contributed by atoms with E-state index >= 15 is 0 Å². The van der Waals surface area contributed by atoms with Gasteiger partial charge in [-0.1, -0.05) is 28.1 Å². The fourth-order valence-electron chi connectivity index (χ4n) is 1.12. The van der Waals surface area contributed by atoms with E-state index in [-0.39, 0.29) is 46.5 Å². The van der Waals surface area contributed by atoms with Gasteiger partial charge in [0.15, 0.2) is 0 Å². The quantitative estimate of drug-likeness (QED) is 0.340. The van der Waals surface area contributed by atoms with Crippen molar-refractivity contribution in [2.75, 3.05) is 0 Å².